The second-order valence-electron chi connectivity index (χ2n) is 3.60. The number of ether oxygens (including phenoxy) is 1. The van der Waals surface area contributed by atoms with Crippen LogP contribution < -0.4 is 5.32 Å². The van der Waals surface area contributed by atoms with Gasteiger partial charge in [-0.05, 0) is 26.8 Å². The SMILES string of the molecule is CCOC(=O)C(C(C)C)C(C)NC. The van der Waals surface area contributed by atoms with Crippen molar-refractivity contribution in [2.75, 3.05) is 13.7 Å². The number of carbonyl (C=O) groups is 1. The number of nitrogens with one attached hydrogen (secondary N) is 1. The molecule has 3 nitrogen and oxygen atoms in total. The van der Waals surface area contributed by atoms with Crippen molar-refractivity contribution in [3.05, 3.63) is 0 Å². The van der Waals surface area contributed by atoms with Crippen molar-refractivity contribution < 1.29 is 9.53 Å². The number of esters is 1. The zero-order valence-corrected chi connectivity index (χ0v) is 9.26. The highest BCUT2D eigenvalue weighted by atomic mass is 16.5. The largest absolute Gasteiger partial charge is 0.466 e. The van der Waals surface area contributed by atoms with Crippen LogP contribution in [-0.4, -0.2) is 25.7 Å². The van der Waals surface area contributed by atoms with Crippen LogP contribution in [0.1, 0.15) is 27.7 Å². The molecule has 0 saturated heterocycles. The monoisotopic (exact) mass is 187 g/mol. The lowest BCUT2D eigenvalue weighted by atomic mass is 9.89. The summed E-state index contributed by atoms with van der Waals surface area (Å²) in [5, 5.41) is 3.08. The van der Waals surface area contributed by atoms with Crippen LogP contribution in [0.5, 0.6) is 0 Å². The molecule has 0 spiro atoms. The molecule has 0 aromatic rings. The molecule has 3 heteroatoms. The second-order valence-corrected chi connectivity index (χ2v) is 3.60. The van der Waals surface area contributed by atoms with Gasteiger partial charge in [-0.1, -0.05) is 13.8 Å². The topological polar surface area (TPSA) is 38.3 Å². The van der Waals surface area contributed by atoms with E-state index in [1.54, 1.807) is 0 Å². The number of hydrogen-bond donors (Lipinski definition) is 1. The molecule has 0 rings (SSSR count). The molecule has 0 heterocycles. The summed E-state index contributed by atoms with van der Waals surface area (Å²) >= 11 is 0. The van der Waals surface area contributed by atoms with Crippen LogP contribution in [0.15, 0.2) is 0 Å². The van der Waals surface area contributed by atoms with E-state index in [0.29, 0.717) is 12.5 Å². The summed E-state index contributed by atoms with van der Waals surface area (Å²) in [5.41, 5.74) is 0. The Morgan fingerprint density at radius 1 is 1.38 bits per heavy atom. The predicted molar refractivity (Wildman–Crippen MR) is 53.5 cm³/mol. The lowest BCUT2D eigenvalue weighted by Crippen LogP contribution is -2.39. The molecule has 0 bridgehead atoms. The first-order valence-electron chi connectivity index (χ1n) is 4.88. The Labute approximate surface area is 80.8 Å². The zero-order chi connectivity index (χ0) is 10.4. The maximum absolute atomic E-state index is 11.5. The van der Waals surface area contributed by atoms with Gasteiger partial charge in [-0.3, -0.25) is 4.79 Å². The summed E-state index contributed by atoms with van der Waals surface area (Å²) in [6.45, 7) is 8.37. The fraction of sp³-hybridized carbons (Fsp3) is 0.900. The standard InChI is InChI=1S/C10H21NO2/c1-6-13-10(12)9(7(2)3)8(4)11-5/h7-9,11H,6H2,1-5H3. The van der Waals surface area contributed by atoms with Gasteiger partial charge in [-0.15, -0.1) is 0 Å². The molecule has 0 saturated carbocycles. The van der Waals surface area contributed by atoms with Crippen LogP contribution >= 0.6 is 0 Å². The molecule has 1 N–H and O–H groups in total. The third-order valence-corrected chi connectivity index (χ3v) is 2.27. The molecule has 13 heavy (non-hydrogen) atoms. The van der Waals surface area contributed by atoms with Crippen LogP contribution in [0.3, 0.4) is 0 Å². The van der Waals surface area contributed by atoms with Gasteiger partial charge in [0, 0.05) is 6.04 Å². The molecular formula is C10H21NO2. The van der Waals surface area contributed by atoms with Gasteiger partial charge in [-0.2, -0.15) is 0 Å². The molecule has 2 unspecified atom stereocenters. The number of hydrogen-bond acceptors (Lipinski definition) is 3. The highest BCUT2D eigenvalue weighted by Crippen LogP contribution is 2.16. The van der Waals surface area contributed by atoms with E-state index >= 15 is 0 Å². The highest BCUT2D eigenvalue weighted by Gasteiger charge is 2.28. The van der Waals surface area contributed by atoms with Crippen molar-refractivity contribution in [1.29, 1.82) is 0 Å². The predicted octanol–water partition coefficient (Wildman–Crippen LogP) is 1.43. The fourth-order valence-electron chi connectivity index (χ4n) is 1.47. The second kappa shape index (κ2) is 5.97. The van der Waals surface area contributed by atoms with Crippen molar-refractivity contribution in [3.8, 4) is 0 Å². The van der Waals surface area contributed by atoms with E-state index in [4.69, 9.17) is 4.74 Å². The van der Waals surface area contributed by atoms with Crippen LogP contribution in [0.4, 0.5) is 0 Å². The molecule has 2 atom stereocenters. The van der Waals surface area contributed by atoms with Crippen molar-refractivity contribution >= 4 is 5.97 Å². The first-order chi connectivity index (χ1) is 6.04. The van der Waals surface area contributed by atoms with Crippen molar-refractivity contribution in [3.63, 3.8) is 0 Å². The summed E-state index contributed by atoms with van der Waals surface area (Å²) in [6, 6.07) is 0.166. The third-order valence-electron chi connectivity index (χ3n) is 2.27. The maximum Gasteiger partial charge on any atom is 0.310 e. The smallest absolute Gasteiger partial charge is 0.310 e. The lowest BCUT2D eigenvalue weighted by Gasteiger charge is -2.24. The van der Waals surface area contributed by atoms with Crippen LogP contribution in [-0.2, 0) is 9.53 Å². The van der Waals surface area contributed by atoms with E-state index in [9.17, 15) is 4.79 Å². The summed E-state index contributed by atoms with van der Waals surface area (Å²) in [5.74, 6) is 0.158. The van der Waals surface area contributed by atoms with Crippen LogP contribution in [0.25, 0.3) is 0 Å². The quantitative estimate of drug-likeness (QED) is 0.662. The van der Waals surface area contributed by atoms with Crippen molar-refractivity contribution in [1.82, 2.24) is 5.32 Å². The van der Waals surface area contributed by atoms with Gasteiger partial charge < -0.3 is 10.1 Å². The Morgan fingerprint density at radius 2 is 1.92 bits per heavy atom. The Hall–Kier alpha value is -0.570. The Kier molecular flexibility index (Phi) is 5.71. The minimum atomic E-state index is -0.0978. The summed E-state index contributed by atoms with van der Waals surface area (Å²) < 4.78 is 5.01. The molecule has 0 aromatic heterocycles. The van der Waals surface area contributed by atoms with E-state index in [1.807, 2.05) is 34.7 Å². The minimum Gasteiger partial charge on any atom is -0.466 e. The van der Waals surface area contributed by atoms with E-state index in [-0.39, 0.29) is 17.9 Å². The average Bonchev–Trinajstić information content (AvgIpc) is 2.04. The highest BCUT2D eigenvalue weighted by molar-refractivity contribution is 5.73. The van der Waals surface area contributed by atoms with Gasteiger partial charge >= 0.3 is 5.97 Å². The van der Waals surface area contributed by atoms with E-state index in [2.05, 4.69) is 5.32 Å². The van der Waals surface area contributed by atoms with Crippen molar-refractivity contribution in [2.24, 2.45) is 11.8 Å². The summed E-state index contributed by atoms with van der Waals surface area (Å²) in [6.07, 6.45) is 0. The Bertz CT molecular complexity index is 157. The van der Waals surface area contributed by atoms with Gasteiger partial charge in [0.05, 0.1) is 12.5 Å². The molecular weight excluding hydrogens is 166 g/mol. The first kappa shape index (κ1) is 12.4. The molecule has 0 amide bonds. The molecule has 0 aliphatic rings. The third kappa shape index (κ3) is 3.77. The molecule has 0 radical (unpaired) electrons. The van der Waals surface area contributed by atoms with Gasteiger partial charge in [0.25, 0.3) is 0 Å². The van der Waals surface area contributed by atoms with Crippen molar-refractivity contribution in [2.45, 2.75) is 33.7 Å². The maximum atomic E-state index is 11.5. The van der Waals surface area contributed by atoms with Gasteiger partial charge in [-0.25, -0.2) is 0 Å². The normalized spacial score (nSPS) is 15.5. The lowest BCUT2D eigenvalue weighted by molar-refractivity contribution is -0.150. The van der Waals surface area contributed by atoms with Gasteiger partial charge in [0.15, 0.2) is 0 Å². The molecule has 0 aliphatic carbocycles. The number of carbonyl (C=O) groups excluding carboxylic acids is 1. The number of rotatable bonds is 5. The van der Waals surface area contributed by atoms with E-state index < -0.39 is 0 Å². The molecule has 78 valence electrons. The van der Waals surface area contributed by atoms with Crippen LogP contribution in [0, 0.1) is 11.8 Å². The van der Waals surface area contributed by atoms with Crippen LogP contribution in [0.2, 0.25) is 0 Å². The van der Waals surface area contributed by atoms with E-state index in [0.717, 1.165) is 0 Å². The molecule has 0 aliphatic heterocycles. The molecule has 0 aromatic carbocycles. The minimum absolute atomic E-state index is 0.0510. The van der Waals surface area contributed by atoms with Gasteiger partial charge in [0.1, 0.15) is 0 Å². The average molecular weight is 187 g/mol. The fourth-order valence-corrected chi connectivity index (χ4v) is 1.47. The zero-order valence-electron chi connectivity index (χ0n) is 9.26. The van der Waals surface area contributed by atoms with E-state index in [1.165, 1.54) is 0 Å². The Morgan fingerprint density at radius 3 is 2.23 bits per heavy atom. The summed E-state index contributed by atoms with van der Waals surface area (Å²) in [7, 11) is 1.86. The summed E-state index contributed by atoms with van der Waals surface area (Å²) in [4.78, 5) is 11.5. The first-order valence-corrected chi connectivity index (χ1v) is 4.88. The Balaban J connectivity index is 4.32. The van der Waals surface area contributed by atoms with Gasteiger partial charge in [0.2, 0.25) is 0 Å². The molecule has 0 fully saturated rings.